The largest absolute Gasteiger partial charge is 0.379 e. The molecule has 2 nitrogen and oxygen atoms in total. The molecule has 1 saturated heterocycles. The van der Waals surface area contributed by atoms with Crippen LogP contribution in [0.2, 0.25) is 0 Å². The molecule has 0 amide bonds. The minimum absolute atomic E-state index is 0.172. The lowest BCUT2D eigenvalue weighted by Gasteiger charge is -2.23. The van der Waals surface area contributed by atoms with Gasteiger partial charge in [-0.1, -0.05) is 0 Å². The SMILES string of the molecule is CC1(CNc2c(F)c(F)nc(F)c2F)CCCS1. The third-order valence-electron chi connectivity index (χ3n) is 2.94. The summed E-state index contributed by atoms with van der Waals surface area (Å²) in [7, 11) is 0. The lowest BCUT2D eigenvalue weighted by Crippen LogP contribution is -2.28. The van der Waals surface area contributed by atoms with E-state index in [-0.39, 0.29) is 11.3 Å². The quantitative estimate of drug-likeness (QED) is 0.679. The van der Waals surface area contributed by atoms with Crippen molar-refractivity contribution in [1.82, 2.24) is 4.98 Å². The molecular weight excluding hydrogens is 268 g/mol. The van der Waals surface area contributed by atoms with Crippen molar-refractivity contribution in [3.8, 4) is 0 Å². The monoisotopic (exact) mass is 280 g/mol. The third kappa shape index (κ3) is 2.55. The lowest BCUT2D eigenvalue weighted by molar-refractivity contribution is 0.410. The molecule has 1 fully saturated rings. The molecule has 0 spiro atoms. The van der Waals surface area contributed by atoms with Crippen LogP contribution in [0.4, 0.5) is 23.2 Å². The van der Waals surface area contributed by atoms with E-state index in [4.69, 9.17) is 0 Å². The molecule has 1 aromatic heterocycles. The second kappa shape index (κ2) is 4.95. The average Bonchev–Trinajstić information content (AvgIpc) is 2.74. The number of nitrogens with one attached hydrogen (secondary N) is 1. The Kier molecular flexibility index (Phi) is 3.70. The Balaban J connectivity index is 2.18. The molecule has 7 heteroatoms. The maximum Gasteiger partial charge on any atom is 0.253 e. The van der Waals surface area contributed by atoms with Crippen LogP contribution in [-0.2, 0) is 0 Å². The van der Waals surface area contributed by atoms with E-state index in [1.807, 2.05) is 6.92 Å². The molecule has 0 aromatic carbocycles. The summed E-state index contributed by atoms with van der Waals surface area (Å²) in [4.78, 5) is 2.50. The Morgan fingerprint density at radius 3 is 2.33 bits per heavy atom. The van der Waals surface area contributed by atoms with Crippen LogP contribution < -0.4 is 5.32 Å². The Bertz CT molecular complexity index is 435. The lowest BCUT2D eigenvalue weighted by atomic mass is 10.1. The predicted octanol–water partition coefficient (Wildman–Crippen LogP) is 3.34. The van der Waals surface area contributed by atoms with E-state index in [9.17, 15) is 17.6 Å². The maximum absolute atomic E-state index is 13.3. The number of anilines is 1. The minimum atomic E-state index is -1.64. The standard InChI is InChI=1S/C11H12F4N2S/c1-11(3-2-4-18-11)5-16-8-6(12)9(14)17-10(15)7(8)13/h2-5H2,1H3,(H,16,17). The fourth-order valence-corrected chi connectivity index (χ4v) is 3.14. The molecule has 1 atom stereocenters. The second-order valence-corrected chi connectivity index (χ2v) is 6.13. The molecule has 100 valence electrons. The number of pyridine rings is 1. The Labute approximate surface area is 106 Å². The van der Waals surface area contributed by atoms with E-state index in [0.29, 0.717) is 0 Å². The fraction of sp³-hybridized carbons (Fsp3) is 0.545. The molecule has 2 rings (SSSR count). The molecule has 1 aliphatic rings. The molecule has 0 saturated carbocycles. The van der Waals surface area contributed by atoms with E-state index in [2.05, 4.69) is 10.3 Å². The van der Waals surface area contributed by atoms with Crippen LogP contribution in [0.3, 0.4) is 0 Å². The van der Waals surface area contributed by atoms with Crippen molar-refractivity contribution in [2.45, 2.75) is 24.5 Å². The smallest absolute Gasteiger partial charge is 0.253 e. The van der Waals surface area contributed by atoms with Gasteiger partial charge in [-0.3, -0.25) is 0 Å². The van der Waals surface area contributed by atoms with Gasteiger partial charge >= 0.3 is 0 Å². The van der Waals surface area contributed by atoms with Crippen LogP contribution in [-0.4, -0.2) is 22.0 Å². The molecule has 1 unspecified atom stereocenters. The summed E-state index contributed by atoms with van der Waals surface area (Å²) in [6.07, 6.45) is 1.91. The highest BCUT2D eigenvalue weighted by Crippen LogP contribution is 2.38. The van der Waals surface area contributed by atoms with Crippen molar-refractivity contribution in [3.63, 3.8) is 0 Å². The van der Waals surface area contributed by atoms with Crippen LogP contribution in [0, 0.1) is 23.5 Å². The van der Waals surface area contributed by atoms with Gasteiger partial charge in [-0.15, -0.1) is 0 Å². The van der Waals surface area contributed by atoms with Crippen molar-refractivity contribution in [1.29, 1.82) is 0 Å². The summed E-state index contributed by atoms with van der Waals surface area (Å²) in [5.41, 5.74) is -0.784. The van der Waals surface area contributed by atoms with Crippen LogP contribution in [0.1, 0.15) is 19.8 Å². The van der Waals surface area contributed by atoms with Crippen LogP contribution in [0.25, 0.3) is 0 Å². The van der Waals surface area contributed by atoms with Crippen LogP contribution in [0.15, 0.2) is 0 Å². The van der Waals surface area contributed by atoms with Gasteiger partial charge in [-0.25, -0.2) is 0 Å². The summed E-state index contributed by atoms with van der Waals surface area (Å²) < 4.78 is 52.2. The van der Waals surface area contributed by atoms with E-state index in [1.54, 1.807) is 11.8 Å². The molecule has 0 radical (unpaired) electrons. The zero-order valence-electron chi connectivity index (χ0n) is 9.70. The van der Waals surface area contributed by atoms with Crippen molar-refractivity contribution >= 4 is 17.4 Å². The average molecular weight is 280 g/mol. The maximum atomic E-state index is 13.3. The molecule has 1 aromatic rings. The van der Waals surface area contributed by atoms with E-state index < -0.39 is 29.2 Å². The molecule has 0 aliphatic carbocycles. The number of halogens is 4. The normalized spacial score (nSPS) is 23.4. The highest BCUT2D eigenvalue weighted by molar-refractivity contribution is 8.00. The Morgan fingerprint density at radius 1 is 1.22 bits per heavy atom. The van der Waals surface area contributed by atoms with Crippen molar-refractivity contribution in [2.75, 3.05) is 17.6 Å². The first-order chi connectivity index (χ1) is 8.43. The summed E-state index contributed by atoms with van der Waals surface area (Å²) in [5, 5.41) is 2.45. The number of rotatable bonds is 3. The summed E-state index contributed by atoms with van der Waals surface area (Å²) >= 11 is 1.67. The molecule has 18 heavy (non-hydrogen) atoms. The predicted molar refractivity (Wildman–Crippen MR) is 62.7 cm³/mol. The van der Waals surface area contributed by atoms with Crippen LogP contribution in [0.5, 0.6) is 0 Å². The van der Waals surface area contributed by atoms with Crippen molar-refractivity contribution in [3.05, 3.63) is 23.5 Å². The fourth-order valence-electron chi connectivity index (χ4n) is 1.89. The highest BCUT2D eigenvalue weighted by atomic mass is 32.2. The van der Waals surface area contributed by atoms with Gasteiger partial charge < -0.3 is 5.32 Å². The van der Waals surface area contributed by atoms with Gasteiger partial charge in [0.25, 0.3) is 11.9 Å². The van der Waals surface area contributed by atoms with Gasteiger partial charge in [0.2, 0.25) is 11.6 Å². The first-order valence-electron chi connectivity index (χ1n) is 5.51. The topological polar surface area (TPSA) is 24.9 Å². The minimum Gasteiger partial charge on any atom is -0.379 e. The second-order valence-electron chi connectivity index (χ2n) is 4.45. The van der Waals surface area contributed by atoms with Gasteiger partial charge in [0, 0.05) is 11.3 Å². The van der Waals surface area contributed by atoms with Gasteiger partial charge in [-0.05, 0) is 25.5 Å². The molecule has 1 N–H and O–H groups in total. The van der Waals surface area contributed by atoms with Crippen LogP contribution >= 0.6 is 11.8 Å². The van der Waals surface area contributed by atoms with E-state index >= 15 is 0 Å². The first kappa shape index (κ1) is 13.5. The number of hydrogen-bond acceptors (Lipinski definition) is 3. The van der Waals surface area contributed by atoms with Crippen molar-refractivity contribution < 1.29 is 17.6 Å². The van der Waals surface area contributed by atoms with Crippen molar-refractivity contribution in [2.24, 2.45) is 0 Å². The first-order valence-corrected chi connectivity index (χ1v) is 6.49. The molecule has 2 heterocycles. The third-order valence-corrected chi connectivity index (χ3v) is 4.48. The number of aromatic nitrogens is 1. The molecule has 0 bridgehead atoms. The summed E-state index contributed by atoms with van der Waals surface area (Å²) in [5.74, 6) is -5.27. The summed E-state index contributed by atoms with van der Waals surface area (Å²) in [6.45, 7) is 2.19. The van der Waals surface area contributed by atoms with Gasteiger partial charge in [0.1, 0.15) is 5.69 Å². The Hall–Kier alpha value is -0.980. The van der Waals surface area contributed by atoms with Gasteiger partial charge in [0.15, 0.2) is 0 Å². The van der Waals surface area contributed by atoms with E-state index in [0.717, 1.165) is 18.6 Å². The zero-order valence-corrected chi connectivity index (χ0v) is 10.5. The molecular formula is C11H12F4N2S. The highest BCUT2D eigenvalue weighted by Gasteiger charge is 2.30. The number of thioether (sulfide) groups is 1. The number of hydrogen-bond donors (Lipinski definition) is 1. The summed E-state index contributed by atoms with van der Waals surface area (Å²) in [6, 6.07) is 0. The number of nitrogens with zero attached hydrogens (tertiary/aromatic N) is 1. The molecule has 1 aliphatic heterocycles. The van der Waals surface area contributed by atoms with Gasteiger partial charge in [0.05, 0.1) is 0 Å². The van der Waals surface area contributed by atoms with E-state index in [1.165, 1.54) is 0 Å². The Morgan fingerprint density at radius 2 is 1.83 bits per heavy atom. The zero-order chi connectivity index (χ0) is 13.3. The van der Waals surface area contributed by atoms with Gasteiger partial charge in [-0.2, -0.15) is 34.3 Å².